The number of carbonyl (C=O) groups excluding carboxylic acids is 2. The quantitative estimate of drug-likeness (QED) is 0.473. The Labute approximate surface area is 129 Å². The van der Waals surface area contributed by atoms with E-state index in [0.29, 0.717) is 28.4 Å². The van der Waals surface area contributed by atoms with E-state index < -0.39 is 5.97 Å². The molecule has 0 unspecified atom stereocenters. The first-order valence-electron chi connectivity index (χ1n) is 6.59. The summed E-state index contributed by atoms with van der Waals surface area (Å²) in [6, 6.07) is 9.98. The number of hydrogen-bond donors (Lipinski definition) is 0. The van der Waals surface area contributed by atoms with Gasteiger partial charge in [0.2, 0.25) is 0 Å². The molecule has 2 aromatic rings. The molecule has 0 N–H and O–H groups in total. The Balaban J connectivity index is 2.37. The van der Waals surface area contributed by atoms with Crippen molar-refractivity contribution in [2.75, 3.05) is 14.2 Å². The lowest BCUT2D eigenvalue weighted by Crippen LogP contribution is -2.05. The third-order valence-corrected chi connectivity index (χ3v) is 3.10. The van der Waals surface area contributed by atoms with Crippen molar-refractivity contribution in [2.45, 2.75) is 0 Å². The minimum absolute atomic E-state index is 0.353. The number of esters is 1. The molecule has 0 aliphatic carbocycles. The van der Waals surface area contributed by atoms with Gasteiger partial charge in [-0.25, -0.2) is 4.79 Å². The van der Waals surface area contributed by atoms with Gasteiger partial charge in [-0.15, -0.1) is 0 Å². The molecule has 6 heteroatoms. The molecule has 2 aromatic carbocycles. The van der Waals surface area contributed by atoms with Crippen molar-refractivity contribution < 1.29 is 23.8 Å². The zero-order valence-corrected chi connectivity index (χ0v) is 12.6. The summed E-state index contributed by atoms with van der Waals surface area (Å²) in [6.07, 6.45) is 0.734. The normalized spacial score (nSPS) is 9.91. The van der Waals surface area contributed by atoms with Gasteiger partial charge in [0.25, 0.3) is 0 Å². The molecule has 0 heterocycles. The van der Waals surface area contributed by atoms with Crippen LogP contribution in [-0.4, -0.2) is 34.3 Å². The number of aldehydes is 1. The Kier molecular flexibility index (Phi) is 4.83. The molecule has 2 rings (SSSR count). The van der Waals surface area contributed by atoms with Gasteiger partial charge in [-0.2, -0.15) is 0 Å². The van der Waals surface area contributed by atoms with Crippen LogP contribution in [-0.2, 0) is 4.74 Å². The van der Waals surface area contributed by atoms with E-state index in [-0.39, 0.29) is 0 Å². The maximum Gasteiger partial charge on any atom is 0.337 e. The minimum atomic E-state index is -0.464. The van der Waals surface area contributed by atoms with Crippen LogP contribution in [0.5, 0.6) is 17.2 Å². The van der Waals surface area contributed by atoms with E-state index in [1.807, 2.05) is 13.9 Å². The topological polar surface area (TPSA) is 61.8 Å². The first-order valence-corrected chi connectivity index (χ1v) is 6.59. The van der Waals surface area contributed by atoms with Crippen LogP contribution >= 0.6 is 0 Å². The highest BCUT2D eigenvalue weighted by molar-refractivity contribution is 6.32. The number of rotatable bonds is 5. The predicted molar refractivity (Wildman–Crippen MR) is 84.4 cm³/mol. The van der Waals surface area contributed by atoms with Gasteiger partial charge in [0.05, 0.1) is 25.3 Å². The van der Waals surface area contributed by atoms with Gasteiger partial charge in [-0.3, -0.25) is 4.79 Å². The molecular weight excluding hydrogens is 283 g/mol. The molecular formula is C16H15BO5. The van der Waals surface area contributed by atoms with Gasteiger partial charge in [0, 0.05) is 0 Å². The molecule has 0 fully saturated rings. The molecule has 22 heavy (non-hydrogen) atoms. The van der Waals surface area contributed by atoms with E-state index in [4.69, 9.17) is 9.47 Å². The number of carbonyl (C=O) groups is 2. The van der Waals surface area contributed by atoms with Crippen LogP contribution in [0, 0.1) is 0 Å². The Morgan fingerprint density at radius 1 is 1.05 bits per heavy atom. The largest absolute Gasteiger partial charge is 0.493 e. The second kappa shape index (κ2) is 6.80. The summed E-state index contributed by atoms with van der Waals surface area (Å²) in [5, 5.41) is 0. The van der Waals surface area contributed by atoms with Crippen LogP contribution in [0.4, 0.5) is 0 Å². The Morgan fingerprint density at radius 3 is 2.41 bits per heavy atom. The van der Waals surface area contributed by atoms with Crippen molar-refractivity contribution in [3.05, 3.63) is 47.5 Å². The van der Waals surface area contributed by atoms with Crippen molar-refractivity contribution in [1.29, 1.82) is 0 Å². The predicted octanol–water partition coefficient (Wildman–Crippen LogP) is 1.34. The fourth-order valence-corrected chi connectivity index (χ4v) is 1.97. The highest BCUT2D eigenvalue weighted by atomic mass is 16.5. The summed E-state index contributed by atoms with van der Waals surface area (Å²) >= 11 is 0. The second-order valence-electron chi connectivity index (χ2n) is 4.62. The average Bonchev–Trinajstić information content (AvgIpc) is 2.55. The van der Waals surface area contributed by atoms with Crippen molar-refractivity contribution in [1.82, 2.24) is 0 Å². The number of benzene rings is 2. The van der Waals surface area contributed by atoms with Gasteiger partial charge in [0.1, 0.15) is 13.6 Å². The van der Waals surface area contributed by atoms with Crippen LogP contribution in [0.2, 0.25) is 0 Å². The minimum Gasteiger partial charge on any atom is -0.493 e. The molecule has 0 spiro atoms. The third kappa shape index (κ3) is 3.28. The lowest BCUT2D eigenvalue weighted by molar-refractivity contribution is 0.0600. The Hall–Kier alpha value is -2.76. The van der Waals surface area contributed by atoms with Gasteiger partial charge in [0.15, 0.2) is 17.8 Å². The zero-order chi connectivity index (χ0) is 16.1. The monoisotopic (exact) mass is 298 g/mol. The van der Waals surface area contributed by atoms with Gasteiger partial charge < -0.3 is 14.2 Å². The van der Waals surface area contributed by atoms with E-state index in [1.54, 1.807) is 24.3 Å². The fraction of sp³-hybridized carbons (Fsp3) is 0.125. The van der Waals surface area contributed by atoms with Gasteiger partial charge in [-0.05, 0) is 24.3 Å². The molecule has 0 saturated carbocycles. The molecule has 0 radical (unpaired) electrons. The SMILES string of the molecule is Bc1ccc(Oc2ccc(C(=O)OC)cc2OC)c(C=O)c1. The Bertz CT molecular complexity index is 712. The number of methoxy groups -OCH3 is 2. The third-order valence-electron chi connectivity index (χ3n) is 3.10. The highest BCUT2D eigenvalue weighted by Gasteiger charge is 2.13. The molecule has 0 atom stereocenters. The van der Waals surface area contributed by atoms with Crippen LogP contribution in [0.25, 0.3) is 0 Å². The maximum atomic E-state index is 11.5. The number of hydrogen-bond acceptors (Lipinski definition) is 5. The number of ether oxygens (including phenoxy) is 3. The van der Waals surface area contributed by atoms with E-state index in [0.717, 1.165) is 11.7 Å². The molecule has 0 saturated heterocycles. The van der Waals surface area contributed by atoms with Crippen LogP contribution in [0.1, 0.15) is 20.7 Å². The molecule has 0 aliphatic rings. The summed E-state index contributed by atoms with van der Waals surface area (Å²) in [5.74, 6) is 0.737. The summed E-state index contributed by atoms with van der Waals surface area (Å²) in [7, 11) is 4.67. The molecule has 5 nitrogen and oxygen atoms in total. The maximum absolute atomic E-state index is 11.5. The van der Waals surface area contributed by atoms with E-state index in [2.05, 4.69) is 4.74 Å². The van der Waals surface area contributed by atoms with E-state index in [9.17, 15) is 9.59 Å². The molecule has 112 valence electrons. The first kappa shape index (κ1) is 15.6. The molecule has 0 amide bonds. The van der Waals surface area contributed by atoms with Crippen molar-refractivity contribution >= 4 is 25.6 Å². The van der Waals surface area contributed by atoms with E-state index >= 15 is 0 Å². The van der Waals surface area contributed by atoms with Crippen LogP contribution in [0.15, 0.2) is 36.4 Å². The van der Waals surface area contributed by atoms with Crippen molar-refractivity contribution in [3.63, 3.8) is 0 Å². The first-order chi connectivity index (χ1) is 10.6. The van der Waals surface area contributed by atoms with Crippen LogP contribution in [0.3, 0.4) is 0 Å². The van der Waals surface area contributed by atoms with Gasteiger partial charge in [-0.1, -0.05) is 17.6 Å². The molecule has 0 aliphatic heterocycles. The summed E-state index contributed by atoms with van der Waals surface area (Å²) in [5.41, 5.74) is 1.76. The summed E-state index contributed by atoms with van der Waals surface area (Å²) < 4.78 is 15.6. The smallest absolute Gasteiger partial charge is 0.337 e. The summed E-state index contributed by atoms with van der Waals surface area (Å²) in [4.78, 5) is 22.7. The summed E-state index contributed by atoms with van der Waals surface area (Å²) in [6.45, 7) is 0. The highest BCUT2D eigenvalue weighted by Crippen LogP contribution is 2.33. The van der Waals surface area contributed by atoms with Gasteiger partial charge >= 0.3 is 5.97 Å². The molecule has 0 bridgehead atoms. The lowest BCUT2D eigenvalue weighted by Gasteiger charge is -2.13. The van der Waals surface area contributed by atoms with Crippen molar-refractivity contribution in [2.24, 2.45) is 0 Å². The second-order valence-corrected chi connectivity index (χ2v) is 4.62. The standard InChI is InChI=1S/C16H15BO5/c1-20-15-8-10(16(19)21-2)3-5-14(15)22-13-6-4-12(17)7-11(13)9-18/h3-9H,17H2,1-2H3. The Morgan fingerprint density at radius 2 is 1.77 bits per heavy atom. The molecule has 0 aromatic heterocycles. The zero-order valence-electron chi connectivity index (χ0n) is 12.6. The van der Waals surface area contributed by atoms with Crippen LogP contribution < -0.4 is 14.9 Å². The fourth-order valence-electron chi connectivity index (χ4n) is 1.97. The van der Waals surface area contributed by atoms with Crippen molar-refractivity contribution in [3.8, 4) is 17.2 Å². The van der Waals surface area contributed by atoms with E-state index in [1.165, 1.54) is 20.3 Å². The lowest BCUT2D eigenvalue weighted by atomic mass is 9.94. The average molecular weight is 298 g/mol.